The van der Waals surface area contributed by atoms with Crippen LogP contribution in [0.4, 0.5) is 0 Å². The SMILES string of the molecule is CCCCCn1ncc2c(C)c(Br)ccc21.O=C=O. The lowest BCUT2D eigenvalue weighted by molar-refractivity contribution is -0.191. The van der Waals surface area contributed by atoms with Gasteiger partial charge < -0.3 is 0 Å². The van der Waals surface area contributed by atoms with Crippen molar-refractivity contribution in [2.75, 3.05) is 0 Å². The van der Waals surface area contributed by atoms with E-state index in [1.807, 2.05) is 6.20 Å². The molecular weight excluding hydrogens is 308 g/mol. The van der Waals surface area contributed by atoms with E-state index < -0.39 is 0 Å². The minimum absolute atomic E-state index is 0.250. The number of rotatable bonds is 4. The van der Waals surface area contributed by atoms with Gasteiger partial charge in [0, 0.05) is 16.4 Å². The minimum Gasteiger partial charge on any atom is -0.265 e. The molecule has 5 heteroatoms. The molecular formula is C14H17BrN2O2. The van der Waals surface area contributed by atoms with Crippen LogP contribution in [0.2, 0.25) is 0 Å². The highest BCUT2D eigenvalue weighted by Crippen LogP contribution is 2.25. The van der Waals surface area contributed by atoms with Crippen LogP contribution >= 0.6 is 15.9 Å². The number of hydrogen-bond donors (Lipinski definition) is 0. The third-order valence-electron chi connectivity index (χ3n) is 3.00. The molecule has 0 fully saturated rings. The van der Waals surface area contributed by atoms with Crippen molar-refractivity contribution in [1.82, 2.24) is 9.78 Å². The van der Waals surface area contributed by atoms with Crippen molar-refractivity contribution in [1.29, 1.82) is 0 Å². The Labute approximate surface area is 120 Å². The quantitative estimate of drug-likeness (QED) is 0.805. The monoisotopic (exact) mass is 324 g/mol. The van der Waals surface area contributed by atoms with Crippen molar-refractivity contribution >= 4 is 33.0 Å². The first-order chi connectivity index (χ1) is 9.15. The maximum Gasteiger partial charge on any atom is 0.373 e. The zero-order valence-electron chi connectivity index (χ0n) is 11.1. The second-order valence-electron chi connectivity index (χ2n) is 4.26. The fraction of sp³-hybridized carbons (Fsp3) is 0.429. The van der Waals surface area contributed by atoms with Crippen molar-refractivity contribution in [3.05, 3.63) is 28.4 Å². The number of aromatic nitrogens is 2. The maximum atomic E-state index is 8.12. The van der Waals surface area contributed by atoms with Gasteiger partial charge in [0.15, 0.2) is 0 Å². The normalized spacial score (nSPS) is 9.84. The molecule has 19 heavy (non-hydrogen) atoms. The summed E-state index contributed by atoms with van der Waals surface area (Å²) in [5.41, 5.74) is 2.52. The third-order valence-corrected chi connectivity index (χ3v) is 3.86. The fourth-order valence-corrected chi connectivity index (χ4v) is 2.30. The summed E-state index contributed by atoms with van der Waals surface area (Å²) in [6.45, 7) is 5.38. The standard InChI is InChI=1S/C13H17BrN2.CO2/c1-3-4-5-8-16-13-7-6-12(14)10(2)11(13)9-15-16;2-1-3/h6-7,9H,3-5,8H2,1-2H3;. The van der Waals surface area contributed by atoms with Gasteiger partial charge in [0.2, 0.25) is 0 Å². The Kier molecular flexibility index (Phi) is 6.46. The Morgan fingerprint density at radius 3 is 2.63 bits per heavy atom. The zero-order valence-corrected chi connectivity index (χ0v) is 12.7. The van der Waals surface area contributed by atoms with Crippen LogP contribution in [0.5, 0.6) is 0 Å². The number of nitrogens with zero attached hydrogens (tertiary/aromatic N) is 2. The molecule has 0 radical (unpaired) electrons. The van der Waals surface area contributed by atoms with Gasteiger partial charge in [-0.3, -0.25) is 4.68 Å². The van der Waals surface area contributed by atoms with Gasteiger partial charge in [-0.15, -0.1) is 0 Å². The van der Waals surface area contributed by atoms with Crippen LogP contribution in [-0.2, 0) is 16.1 Å². The Balaban J connectivity index is 0.000000550. The number of hydrogen-bond acceptors (Lipinski definition) is 3. The van der Waals surface area contributed by atoms with Gasteiger partial charge in [-0.1, -0.05) is 35.7 Å². The first kappa shape index (κ1) is 15.6. The average Bonchev–Trinajstić information content (AvgIpc) is 2.79. The van der Waals surface area contributed by atoms with E-state index in [9.17, 15) is 0 Å². The minimum atomic E-state index is 0.250. The fourth-order valence-electron chi connectivity index (χ4n) is 1.96. The van der Waals surface area contributed by atoms with Gasteiger partial charge in [0.1, 0.15) is 0 Å². The molecule has 0 saturated heterocycles. The molecule has 0 unspecified atom stereocenters. The van der Waals surface area contributed by atoms with Crippen molar-refractivity contribution in [2.45, 2.75) is 39.7 Å². The first-order valence-corrected chi connectivity index (χ1v) is 7.04. The summed E-state index contributed by atoms with van der Waals surface area (Å²) in [7, 11) is 0. The Morgan fingerprint density at radius 2 is 2.00 bits per heavy atom. The predicted molar refractivity (Wildman–Crippen MR) is 76.7 cm³/mol. The van der Waals surface area contributed by atoms with Crippen molar-refractivity contribution in [3.63, 3.8) is 0 Å². The molecule has 0 amide bonds. The van der Waals surface area contributed by atoms with E-state index in [0.29, 0.717) is 0 Å². The second kappa shape index (κ2) is 7.87. The van der Waals surface area contributed by atoms with Crippen LogP contribution < -0.4 is 0 Å². The average molecular weight is 325 g/mol. The van der Waals surface area contributed by atoms with E-state index in [-0.39, 0.29) is 6.15 Å². The van der Waals surface area contributed by atoms with E-state index >= 15 is 0 Å². The lowest BCUT2D eigenvalue weighted by atomic mass is 10.1. The zero-order chi connectivity index (χ0) is 14.3. The summed E-state index contributed by atoms with van der Waals surface area (Å²) in [5.74, 6) is 0. The van der Waals surface area contributed by atoms with Gasteiger partial charge >= 0.3 is 6.15 Å². The van der Waals surface area contributed by atoms with Gasteiger partial charge in [0.05, 0.1) is 11.7 Å². The summed E-state index contributed by atoms with van der Waals surface area (Å²) in [6, 6.07) is 4.25. The molecule has 0 aliphatic heterocycles. The molecule has 4 nitrogen and oxygen atoms in total. The van der Waals surface area contributed by atoms with E-state index in [4.69, 9.17) is 9.59 Å². The number of halogens is 1. The summed E-state index contributed by atoms with van der Waals surface area (Å²) in [6.07, 6.45) is 5.96. The maximum absolute atomic E-state index is 8.12. The smallest absolute Gasteiger partial charge is 0.265 e. The van der Waals surface area contributed by atoms with Crippen LogP contribution in [0, 0.1) is 6.92 Å². The van der Waals surface area contributed by atoms with Gasteiger partial charge in [-0.25, -0.2) is 0 Å². The molecule has 1 heterocycles. The molecule has 0 aliphatic rings. The molecule has 0 bridgehead atoms. The van der Waals surface area contributed by atoms with Crippen LogP contribution in [0.25, 0.3) is 10.9 Å². The Morgan fingerprint density at radius 1 is 1.32 bits per heavy atom. The molecule has 1 aromatic heterocycles. The molecule has 0 saturated carbocycles. The van der Waals surface area contributed by atoms with Crippen molar-refractivity contribution < 1.29 is 9.59 Å². The van der Waals surface area contributed by atoms with Crippen LogP contribution in [0.15, 0.2) is 22.8 Å². The highest BCUT2D eigenvalue weighted by molar-refractivity contribution is 9.10. The van der Waals surface area contributed by atoms with E-state index in [2.05, 4.69) is 51.7 Å². The number of unbranched alkanes of at least 4 members (excludes halogenated alkanes) is 2. The van der Waals surface area contributed by atoms with Crippen LogP contribution in [-0.4, -0.2) is 15.9 Å². The van der Waals surface area contributed by atoms with Gasteiger partial charge in [-0.2, -0.15) is 14.7 Å². The largest absolute Gasteiger partial charge is 0.373 e. The van der Waals surface area contributed by atoms with E-state index in [1.54, 1.807) is 0 Å². The number of fused-ring (bicyclic) bond motifs is 1. The summed E-state index contributed by atoms with van der Waals surface area (Å²) >= 11 is 3.55. The highest BCUT2D eigenvalue weighted by atomic mass is 79.9. The molecule has 0 N–H and O–H groups in total. The van der Waals surface area contributed by atoms with E-state index in [0.717, 1.165) is 11.0 Å². The molecule has 0 aliphatic carbocycles. The molecule has 1 aromatic carbocycles. The summed E-state index contributed by atoms with van der Waals surface area (Å²) in [4.78, 5) is 16.2. The molecule has 2 aromatic rings. The summed E-state index contributed by atoms with van der Waals surface area (Å²) in [5, 5.41) is 5.72. The predicted octanol–water partition coefficient (Wildman–Crippen LogP) is 3.71. The lowest BCUT2D eigenvalue weighted by Crippen LogP contribution is -1.99. The van der Waals surface area contributed by atoms with Crippen LogP contribution in [0.1, 0.15) is 31.7 Å². The van der Waals surface area contributed by atoms with E-state index in [1.165, 1.54) is 35.7 Å². The van der Waals surface area contributed by atoms with Gasteiger partial charge in [0.25, 0.3) is 0 Å². The van der Waals surface area contributed by atoms with Crippen molar-refractivity contribution in [3.8, 4) is 0 Å². The number of benzene rings is 1. The topological polar surface area (TPSA) is 52.0 Å². The van der Waals surface area contributed by atoms with Crippen molar-refractivity contribution in [2.24, 2.45) is 0 Å². The number of aryl methyl sites for hydroxylation is 2. The summed E-state index contributed by atoms with van der Waals surface area (Å²) < 4.78 is 3.28. The van der Waals surface area contributed by atoms with Gasteiger partial charge in [-0.05, 0) is 31.0 Å². The molecule has 2 rings (SSSR count). The molecule has 0 spiro atoms. The number of carbonyl (C=O) groups excluding carboxylic acids is 2. The lowest BCUT2D eigenvalue weighted by Gasteiger charge is -2.04. The Hall–Kier alpha value is -1.45. The molecule has 0 atom stereocenters. The highest BCUT2D eigenvalue weighted by Gasteiger charge is 2.06. The molecule has 102 valence electrons. The van der Waals surface area contributed by atoms with Crippen LogP contribution in [0.3, 0.4) is 0 Å². The third kappa shape index (κ3) is 4.01. The first-order valence-electron chi connectivity index (χ1n) is 6.25. The second-order valence-corrected chi connectivity index (χ2v) is 5.12. The Bertz CT molecular complexity index is 572.